The maximum atomic E-state index is 12.5. The van der Waals surface area contributed by atoms with Crippen LogP contribution in [0.15, 0.2) is 36.4 Å². The first kappa shape index (κ1) is 16.2. The third-order valence-corrected chi connectivity index (χ3v) is 4.25. The molecule has 5 heteroatoms. The lowest BCUT2D eigenvalue weighted by Crippen LogP contribution is -2.38. The topological polar surface area (TPSA) is 66.5 Å². The largest absolute Gasteiger partial charge is 0.354 e. The number of hydrogen-bond donors (Lipinski definition) is 1. The lowest BCUT2D eigenvalue weighted by molar-refractivity contribution is -0.121. The van der Waals surface area contributed by atoms with E-state index >= 15 is 0 Å². The van der Waals surface area contributed by atoms with Crippen LogP contribution in [0.1, 0.15) is 46.9 Å². The molecular weight excluding hydrogens is 304 g/mol. The molecule has 5 nitrogen and oxygen atoms in total. The minimum atomic E-state index is -0.288. The summed E-state index contributed by atoms with van der Waals surface area (Å²) in [6, 6.07) is 11.2. The summed E-state index contributed by atoms with van der Waals surface area (Å²) in [5, 5.41) is 4.63. The predicted octanol–water partition coefficient (Wildman–Crippen LogP) is 2.74. The van der Waals surface area contributed by atoms with Gasteiger partial charge in [0.1, 0.15) is 0 Å². The number of unbranched alkanes of at least 4 members (excludes halogenated alkanes) is 1. The summed E-state index contributed by atoms with van der Waals surface area (Å²) in [7, 11) is 0. The lowest BCUT2D eigenvalue weighted by atomic mass is 10.0. The van der Waals surface area contributed by atoms with E-state index in [2.05, 4.69) is 5.32 Å². The van der Waals surface area contributed by atoms with Crippen LogP contribution >= 0.6 is 0 Å². The van der Waals surface area contributed by atoms with Crippen LogP contribution in [-0.4, -0.2) is 35.7 Å². The fourth-order valence-electron chi connectivity index (χ4n) is 2.91. The Balaban J connectivity index is 1.70. The molecule has 1 heterocycles. The van der Waals surface area contributed by atoms with Crippen molar-refractivity contribution in [3.05, 3.63) is 47.5 Å². The second-order valence-corrected chi connectivity index (χ2v) is 5.96. The average Bonchev–Trinajstić information content (AvgIpc) is 2.82. The zero-order valence-corrected chi connectivity index (χ0v) is 13.7. The first-order valence-corrected chi connectivity index (χ1v) is 8.27. The summed E-state index contributed by atoms with van der Waals surface area (Å²) in [6.07, 6.45) is 2.27. The molecule has 0 aromatic heterocycles. The third-order valence-electron chi connectivity index (χ3n) is 4.25. The number of benzene rings is 2. The van der Waals surface area contributed by atoms with Crippen molar-refractivity contribution in [1.82, 2.24) is 10.2 Å². The molecule has 0 radical (unpaired) electrons. The highest BCUT2D eigenvalue weighted by molar-refractivity contribution is 6.23. The van der Waals surface area contributed by atoms with Gasteiger partial charge in [-0.05, 0) is 29.3 Å². The van der Waals surface area contributed by atoms with E-state index in [-0.39, 0.29) is 30.8 Å². The van der Waals surface area contributed by atoms with Gasteiger partial charge in [-0.3, -0.25) is 19.3 Å². The molecule has 1 aliphatic rings. The van der Waals surface area contributed by atoms with Gasteiger partial charge in [0.25, 0.3) is 11.8 Å². The Morgan fingerprint density at radius 3 is 2.17 bits per heavy atom. The first-order chi connectivity index (χ1) is 11.6. The summed E-state index contributed by atoms with van der Waals surface area (Å²) in [5.74, 6) is -0.619. The van der Waals surface area contributed by atoms with E-state index < -0.39 is 0 Å². The SMILES string of the molecule is CCCCC(=O)NCCN1C(=O)c2cc3ccccc3cc2C1=O. The quantitative estimate of drug-likeness (QED) is 0.831. The van der Waals surface area contributed by atoms with Gasteiger partial charge >= 0.3 is 0 Å². The smallest absolute Gasteiger partial charge is 0.261 e. The molecule has 2 aromatic rings. The van der Waals surface area contributed by atoms with Gasteiger partial charge in [0.15, 0.2) is 0 Å². The summed E-state index contributed by atoms with van der Waals surface area (Å²) in [5.41, 5.74) is 0.881. The molecule has 0 aliphatic carbocycles. The highest BCUT2D eigenvalue weighted by Crippen LogP contribution is 2.27. The van der Waals surface area contributed by atoms with Crippen molar-refractivity contribution in [1.29, 1.82) is 0 Å². The van der Waals surface area contributed by atoms with Crippen molar-refractivity contribution >= 4 is 28.5 Å². The van der Waals surface area contributed by atoms with Crippen LogP contribution in [0.5, 0.6) is 0 Å². The third kappa shape index (κ3) is 3.02. The molecule has 0 saturated heterocycles. The van der Waals surface area contributed by atoms with Crippen molar-refractivity contribution in [3.63, 3.8) is 0 Å². The zero-order chi connectivity index (χ0) is 17.1. The normalized spacial score (nSPS) is 13.5. The van der Waals surface area contributed by atoms with Crippen molar-refractivity contribution in [2.45, 2.75) is 26.2 Å². The van der Waals surface area contributed by atoms with Gasteiger partial charge in [-0.15, -0.1) is 0 Å². The highest BCUT2D eigenvalue weighted by atomic mass is 16.2. The zero-order valence-electron chi connectivity index (χ0n) is 13.7. The number of nitrogens with one attached hydrogen (secondary N) is 1. The first-order valence-electron chi connectivity index (χ1n) is 8.27. The number of fused-ring (bicyclic) bond motifs is 2. The molecule has 0 unspecified atom stereocenters. The summed E-state index contributed by atoms with van der Waals surface area (Å²) in [6.45, 7) is 2.50. The molecular formula is C19H20N2O3. The standard InChI is InChI=1S/C19H20N2O3/c1-2-3-8-17(22)20-9-10-21-18(23)15-11-13-6-4-5-7-14(13)12-16(15)19(21)24/h4-7,11-12H,2-3,8-10H2,1H3,(H,20,22). The fraction of sp³-hybridized carbons (Fsp3) is 0.316. The van der Waals surface area contributed by atoms with E-state index in [1.165, 1.54) is 4.90 Å². The number of nitrogens with zero attached hydrogens (tertiary/aromatic N) is 1. The Hall–Kier alpha value is -2.69. The molecule has 0 bridgehead atoms. The van der Waals surface area contributed by atoms with Crippen molar-refractivity contribution in [2.75, 3.05) is 13.1 Å². The Bertz CT molecular complexity index is 759. The number of hydrogen-bond acceptors (Lipinski definition) is 3. The van der Waals surface area contributed by atoms with Gasteiger partial charge in [0.2, 0.25) is 5.91 Å². The van der Waals surface area contributed by atoms with E-state index in [0.717, 1.165) is 23.6 Å². The van der Waals surface area contributed by atoms with Crippen LogP contribution in [0, 0.1) is 0 Å². The minimum Gasteiger partial charge on any atom is -0.354 e. The van der Waals surface area contributed by atoms with Crippen LogP contribution in [0.4, 0.5) is 0 Å². The van der Waals surface area contributed by atoms with E-state index in [0.29, 0.717) is 17.5 Å². The number of rotatable bonds is 6. The summed E-state index contributed by atoms with van der Waals surface area (Å²) in [4.78, 5) is 37.8. The maximum absolute atomic E-state index is 12.5. The van der Waals surface area contributed by atoms with Gasteiger partial charge in [-0.2, -0.15) is 0 Å². The molecule has 24 heavy (non-hydrogen) atoms. The van der Waals surface area contributed by atoms with E-state index in [9.17, 15) is 14.4 Å². The van der Waals surface area contributed by atoms with Gasteiger partial charge < -0.3 is 5.32 Å². The number of imide groups is 1. The second-order valence-electron chi connectivity index (χ2n) is 5.96. The molecule has 1 N–H and O–H groups in total. The number of carbonyl (C=O) groups excluding carboxylic acids is 3. The van der Waals surface area contributed by atoms with E-state index in [4.69, 9.17) is 0 Å². The number of carbonyl (C=O) groups is 3. The van der Waals surface area contributed by atoms with Gasteiger partial charge in [0.05, 0.1) is 11.1 Å². The van der Waals surface area contributed by atoms with Crippen LogP contribution in [0.3, 0.4) is 0 Å². The number of amides is 3. The minimum absolute atomic E-state index is 0.0424. The highest BCUT2D eigenvalue weighted by Gasteiger charge is 2.35. The molecule has 0 saturated carbocycles. The van der Waals surface area contributed by atoms with Crippen LogP contribution < -0.4 is 5.32 Å². The maximum Gasteiger partial charge on any atom is 0.261 e. The lowest BCUT2D eigenvalue weighted by Gasteiger charge is -2.14. The molecule has 1 aliphatic heterocycles. The molecule has 124 valence electrons. The Morgan fingerprint density at radius 2 is 1.62 bits per heavy atom. The molecule has 0 spiro atoms. The second kappa shape index (κ2) is 6.83. The molecule has 0 fully saturated rings. The Kier molecular flexibility index (Phi) is 4.60. The fourth-order valence-corrected chi connectivity index (χ4v) is 2.91. The van der Waals surface area contributed by atoms with Gasteiger partial charge in [-0.1, -0.05) is 37.6 Å². The molecule has 3 rings (SSSR count). The van der Waals surface area contributed by atoms with Crippen LogP contribution in [-0.2, 0) is 4.79 Å². The predicted molar refractivity (Wildman–Crippen MR) is 91.8 cm³/mol. The van der Waals surface area contributed by atoms with Crippen LogP contribution in [0.2, 0.25) is 0 Å². The Morgan fingerprint density at radius 1 is 1.04 bits per heavy atom. The van der Waals surface area contributed by atoms with Crippen molar-refractivity contribution < 1.29 is 14.4 Å². The van der Waals surface area contributed by atoms with Crippen molar-refractivity contribution in [2.24, 2.45) is 0 Å². The van der Waals surface area contributed by atoms with E-state index in [1.54, 1.807) is 12.1 Å². The van der Waals surface area contributed by atoms with Crippen molar-refractivity contribution in [3.8, 4) is 0 Å². The molecule has 3 amide bonds. The van der Waals surface area contributed by atoms with Gasteiger partial charge in [-0.25, -0.2) is 0 Å². The average molecular weight is 324 g/mol. The molecule has 0 atom stereocenters. The van der Waals surface area contributed by atoms with E-state index in [1.807, 2.05) is 31.2 Å². The Labute approximate surface area is 140 Å². The molecule has 2 aromatic carbocycles. The van der Waals surface area contributed by atoms with Crippen LogP contribution in [0.25, 0.3) is 10.8 Å². The van der Waals surface area contributed by atoms with Gasteiger partial charge in [0, 0.05) is 19.5 Å². The monoisotopic (exact) mass is 324 g/mol. The summed E-state index contributed by atoms with van der Waals surface area (Å²) < 4.78 is 0. The summed E-state index contributed by atoms with van der Waals surface area (Å²) >= 11 is 0.